The van der Waals surface area contributed by atoms with Gasteiger partial charge in [0.15, 0.2) is 5.03 Å². The molecule has 1 heterocycles. The number of urea groups is 1. The molecule has 0 radical (unpaired) electrons. The number of amides is 2. The Morgan fingerprint density at radius 1 is 1.10 bits per heavy atom. The van der Waals surface area contributed by atoms with Crippen LogP contribution in [0.25, 0.3) is 0 Å². The first-order valence-electron chi connectivity index (χ1n) is 10.3. The minimum atomic E-state index is -4.12. The number of hydrogen-bond acceptors (Lipinski definition) is 4. The maximum Gasteiger partial charge on any atom is 0.333 e. The number of carbonyl (C=O) groups is 1. The zero-order valence-electron chi connectivity index (χ0n) is 17.5. The van der Waals surface area contributed by atoms with Crippen LogP contribution in [0, 0.1) is 11.2 Å². The molecule has 1 aromatic heterocycles. The molecule has 9 heteroatoms. The average Bonchev–Trinajstić information content (AvgIpc) is 3.36. The van der Waals surface area contributed by atoms with Crippen LogP contribution in [0.2, 0.25) is 0 Å². The first kappa shape index (κ1) is 20.8. The van der Waals surface area contributed by atoms with Gasteiger partial charge in [-0.05, 0) is 72.3 Å². The van der Waals surface area contributed by atoms with Crippen LogP contribution >= 0.6 is 0 Å². The van der Waals surface area contributed by atoms with Crippen LogP contribution in [-0.2, 0) is 42.3 Å². The summed E-state index contributed by atoms with van der Waals surface area (Å²) in [4.78, 5) is 12.6. The van der Waals surface area contributed by atoms with Gasteiger partial charge in [-0.2, -0.15) is 13.5 Å². The molecular weight excluding hydrogens is 407 g/mol. The van der Waals surface area contributed by atoms with Crippen LogP contribution in [0.1, 0.15) is 55.9 Å². The summed E-state index contributed by atoms with van der Waals surface area (Å²) in [5.74, 6) is -0.141. The fraction of sp³-hybridized carbons (Fsp3) is 0.524. The number of benzene rings is 1. The van der Waals surface area contributed by atoms with Crippen molar-refractivity contribution in [2.24, 2.45) is 5.41 Å². The third-order valence-corrected chi connectivity index (χ3v) is 6.79. The van der Waals surface area contributed by atoms with Crippen molar-refractivity contribution < 1.29 is 17.6 Å². The van der Waals surface area contributed by atoms with Crippen LogP contribution in [0.4, 0.5) is 14.9 Å². The summed E-state index contributed by atoms with van der Waals surface area (Å²) in [6.07, 6.45) is 5.89. The molecule has 0 bridgehead atoms. The number of fused-ring (bicyclic) bond motifs is 2. The summed E-state index contributed by atoms with van der Waals surface area (Å²) in [5.41, 5.74) is 3.44. The number of rotatable bonds is 4. The van der Waals surface area contributed by atoms with E-state index >= 15 is 0 Å². The predicted molar refractivity (Wildman–Crippen MR) is 111 cm³/mol. The number of nitrogens with zero attached hydrogens (tertiary/aromatic N) is 2. The molecule has 0 aliphatic heterocycles. The van der Waals surface area contributed by atoms with Crippen LogP contribution in [-0.4, -0.2) is 24.2 Å². The largest absolute Gasteiger partial charge is 0.333 e. The molecule has 2 aliphatic carbocycles. The molecule has 2 aliphatic rings. The van der Waals surface area contributed by atoms with Gasteiger partial charge < -0.3 is 5.32 Å². The van der Waals surface area contributed by atoms with Crippen molar-refractivity contribution in [2.75, 3.05) is 5.32 Å². The van der Waals surface area contributed by atoms with E-state index in [0.29, 0.717) is 49.0 Å². The van der Waals surface area contributed by atoms with E-state index < -0.39 is 16.1 Å². The highest BCUT2D eigenvalue weighted by Gasteiger charge is 2.30. The SMILES string of the molecule is CC(C)(C)Cn1ccc(S(=O)(=O)NC(=O)Nc2c3c(c(F)c4c2CCC4)CCC3)n1. The Hall–Kier alpha value is -2.42. The molecule has 4 rings (SSSR count). The molecular formula is C21H27FN4O3S. The van der Waals surface area contributed by atoms with Gasteiger partial charge in [0.1, 0.15) is 5.82 Å². The molecule has 0 saturated carbocycles. The average molecular weight is 435 g/mol. The standard InChI is InChI=1S/C21H27FN4O3S/c1-21(2,3)12-26-11-10-17(24-26)30(28,29)25-20(27)23-19-15-8-4-6-13(15)18(22)14-7-5-9-16(14)19/h10-11H,4-9,12H2,1-3H3,(H2,23,25,27). The second kappa shape index (κ2) is 7.37. The fourth-order valence-electron chi connectivity index (χ4n) is 4.41. The van der Waals surface area contributed by atoms with E-state index in [1.807, 2.05) is 25.5 Å². The lowest BCUT2D eigenvalue weighted by Crippen LogP contribution is -2.35. The van der Waals surface area contributed by atoms with Crippen molar-refractivity contribution in [2.45, 2.75) is 70.9 Å². The summed E-state index contributed by atoms with van der Waals surface area (Å²) in [5, 5.41) is 6.59. The summed E-state index contributed by atoms with van der Waals surface area (Å²) < 4.78 is 43.6. The van der Waals surface area contributed by atoms with E-state index in [1.54, 1.807) is 10.9 Å². The number of anilines is 1. The highest BCUT2D eigenvalue weighted by atomic mass is 32.2. The third kappa shape index (κ3) is 3.95. The van der Waals surface area contributed by atoms with Crippen molar-refractivity contribution in [3.63, 3.8) is 0 Å². The van der Waals surface area contributed by atoms with Crippen molar-refractivity contribution in [3.8, 4) is 0 Å². The number of carbonyl (C=O) groups excluding carboxylic acids is 1. The Balaban J connectivity index is 1.55. The fourth-order valence-corrected chi connectivity index (χ4v) is 5.26. The molecule has 2 N–H and O–H groups in total. The smallest absolute Gasteiger partial charge is 0.307 e. The summed E-state index contributed by atoms with van der Waals surface area (Å²) in [6, 6.07) is 0.518. The van der Waals surface area contributed by atoms with Gasteiger partial charge in [-0.3, -0.25) is 4.68 Å². The van der Waals surface area contributed by atoms with Crippen molar-refractivity contribution in [3.05, 3.63) is 40.3 Å². The van der Waals surface area contributed by atoms with Gasteiger partial charge in [0.2, 0.25) is 0 Å². The zero-order valence-corrected chi connectivity index (χ0v) is 18.3. The molecule has 7 nitrogen and oxygen atoms in total. The monoisotopic (exact) mass is 434 g/mol. The molecule has 30 heavy (non-hydrogen) atoms. The maximum atomic E-state index is 14.8. The Kier molecular flexibility index (Phi) is 5.12. The Morgan fingerprint density at radius 3 is 2.23 bits per heavy atom. The van der Waals surface area contributed by atoms with Gasteiger partial charge in [-0.25, -0.2) is 13.9 Å². The van der Waals surface area contributed by atoms with E-state index in [-0.39, 0.29) is 16.3 Å². The predicted octanol–water partition coefficient (Wildman–Crippen LogP) is 3.56. The lowest BCUT2D eigenvalue weighted by Gasteiger charge is -2.18. The van der Waals surface area contributed by atoms with Crippen LogP contribution in [0.3, 0.4) is 0 Å². The maximum absolute atomic E-state index is 14.8. The quantitative estimate of drug-likeness (QED) is 0.770. The van der Waals surface area contributed by atoms with E-state index in [1.165, 1.54) is 6.07 Å². The third-order valence-electron chi connectivity index (χ3n) is 5.56. The number of aromatic nitrogens is 2. The summed E-state index contributed by atoms with van der Waals surface area (Å²) in [7, 11) is -4.12. The minimum Gasteiger partial charge on any atom is -0.307 e. The number of sulfonamides is 1. The molecule has 1 aromatic carbocycles. The minimum absolute atomic E-state index is 0.0683. The van der Waals surface area contributed by atoms with E-state index in [4.69, 9.17) is 0 Å². The highest BCUT2D eigenvalue weighted by Crippen LogP contribution is 2.40. The first-order valence-corrected chi connectivity index (χ1v) is 11.8. The molecule has 162 valence electrons. The molecule has 0 spiro atoms. The second-order valence-corrected chi connectivity index (χ2v) is 10.9. The molecule has 2 aromatic rings. The van der Waals surface area contributed by atoms with Crippen LogP contribution in [0.15, 0.2) is 17.3 Å². The van der Waals surface area contributed by atoms with Gasteiger partial charge >= 0.3 is 6.03 Å². The molecule has 0 atom stereocenters. The van der Waals surface area contributed by atoms with E-state index in [0.717, 1.165) is 24.0 Å². The lowest BCUT2D eigenvalue weighted by atomic mass is 9.97. The lowest BCUT2D eigenvalue weighted by molar-refractivity contribution is 0.256. The van der Waals surface area contributed by atoms with Gasteiger partial charge in [-0.15, -0.1) is 0 Å². The van der Waals surface area contributed by atoms with Crippen LogP contribution in [0.5, 0.6) is 0 Å². The zero-order chi connectivity index (χ0) is 21.7. The Labute approximate surface area is 176 Å². The Bertz CT molecular complexity index is 1080. The van der Waals surface area contributed by atoms with E-state index in [9.17, 15) is 17.6 Å². The number of hydrogen-bond donors (Lipinski definition) is 2. The highest BCUT2D eigenvalue weighted by molar-refractivity contribution is 7.90. The summed E-state index contributed by atoms with van der Waals surface area (Å²) in [6.45, 7) is 6.61. The van der Waals surface area contributed by atoms with E-state index in [2.05, 4.69) is 10.4 Å². The van der Waals surface area contributed by atoms with Crippen molar-refractivity contribution >= 4 is 21.7 Å². The number of halogens is 1. The first-order chi connectivity index (χ1) is 14.0. The normalized spacial score (nSPS) is 15.7. The van der Waals surface area contributed by atoms with Gasteiger partial charge in [0.05, 0.1) is 0 Å². The van der Waals surface area contributed by atoms with Crippen LogP contribution < -0.4 is 10.0 Å². The summed E-state index contributed by atoms with van der Waals surface area (Å²) >= 11 is 0. The van der Waals surface area contributed by atoms with Gasteiger partial charge in [0.25, 0.3) is 10.0 Å². The molecule has 0 unspecified atom stereocenters. The van der Waals surface area contributed by atoms with Crippen molar-refractivity contribution in [1.82, 2.24) is 14.5 Å². The second-order valence-electron chi connectivity index (χ2n) is 9.28. The molecule has 2 amide bonds. The number of nitrogens with one attached hydrogen (secondary N) is 2. The molecule has 0 saturated heterocycles. The molecule has 0 fully saturated rings. The van der Waals surface area contributed by atoms with Gasteiger partial charge in [-0.1, -0.05) is 20.8 Å². The van der Waals surface area contributed by atoms with Crippen molar-refractivity contribution in [1.29, 1.82) is 0 Å². The topological polar surface area (TPSA) is 93.1 Å². The van der Waals surface area contributed by atoms with Gasteiger partial charge in [0, 0.05) is 18.4 Å². The Morgan fingerprint density at radius 2 is 1.67 bits per heavy atom.